The van der Waals surface area contributed by atoms with Gasteiger partial charge >= 0.3 is 11.9 Å². The molecule has 0 amide bonds. The van der Waals surface area contributed by atoms with Crippen molar-refractivity contribution >= 4 is 11.9 Å². The van der Waals surface area contributed by atoms with Crippen LogP contribution in [-0.2, 0) is 16.2 Å². The molecule has 1 aromatic carbocycles. The Morgan fingerprint density at radius 2 is 0.795 bits per heavy atom. The normalized spacial score (nSPS) is 11.2. The third-order valence-corrected chi connectivity index (χ3v) is 8.61. The number of aliphatic hydroxyl groups is 1. The van der Waals surface area contributed by atoms with E-state index in [9.17, 15) is 14.7 Å². The van der Waals surface area contributed by atoms with Gasteiger partial charge in [-0.3, -0.25) is 9.59 Å². The van der Waals surface area contributed by atoms with Crippen LogP contribution >= 0.6 is 0 Å². The summed E-state index contributed by atoms with van der Waals surface area (Å²) in [7, 11) is 0. The van der Waals surface area contributed by atoms with Crippen LogP contribution in [0.15, 0.2) is 18.2 Å². The summed E-state index contributed by atoms with van der Waals surface area (Å²) in [4.78, 5) is 25.0. The highest BCUT2D eigenvalue weighted by atomic mass is 16.6. The number of hydrogen-bond acceptors (Lipinski definition) is 5. The monoisotopic (exact) mass is 617 g/mol. The molecule has 0 aliphatic rings. The third kappa shape index (κ3) is 23.5. The predicted octanol–water partition coefficient (Wildman–Crippen LogP) is 12.0. The van der Waals surface area contributed by atoms with Crippen LogP contribution in [-0.4, -0.2) is 17.0 Å². The second-order valence-corrected chi connectivity index (χ2v) is 12.9. The number of esters is 2. The minimum atomic E-state index is -0.322. The number of aliphatic hydroxyl groups excluding tert-OH is 1. The molecule has 5 heteroatoms. The fraction of sp³-hybridized carbons (Fsp3) is 0.795. The molecule has 0 atom stereocenters. The molecule has 254 valence electrons. The van der Waals surface area contributed by atoms with E-state index in [0.29, 0.717) is 18.4 Å². The highest BCUT2D eigenvalue weighted by Crippen LogP contribution is 2.30. The summed E-state index contributed by atoms with van der Waals surface area (Å²) < 4.78 is 11.2. The molecule has 1 N–H and O–H groups in total. The van der Waals surface area contributed by atoms with Crippen LogP contribution in [0.1, 0.15) is 199 Å². The standard InChI is InChI=1S/C39H68O5/c1-3-5-7-9-11-13-15-17-19-21-23-25-27-29-38(41)43-36-32-31-35(34-40)33-37(36)44-39(42)30-28-26-24-22-20-18-16-14-12-10-8-6-4-2/h31-33,40H,3-30,34H2,1-2H3. The maximum absolute atomic E-state index is 12.5. The van der Waals surface area contributed by atoms with Gasteiger partial charge in [0.25, 0.3) is 0 Å². The Balaban J connectivity index is 2.18. The zero-order valence-corrected chi connectivity index (χ0v) is 28.8. The van der Waals surface area contributed by atoms with Crippen LogP contribution in [0.2, 0.25) is 0 Å². The minimum Gasteiger partial charge on any atom is -0.423 e. The van der Waals surface area contributed by atoms with Gasteiger partial charge in [-0.2, -0.15) is 0 Å². The maximum atomic E-state index is 12.5. The minimum absolute atomic E-state index is 0.170. The fourth-order valence-electron chi connectivity index (χ4n) is 5.74. The van der Waals surface area contributed by atoms with E-state index in [2.05, 4.69) is 13.8 Å². The third-order valence-electron chi connectivity index (χ3n) is 8.61. The van der Waals surface area contributed by atoms with Gasteiger partial charge in [0.1, 0.15) is 0 Å². The summed E-state index contributed by atoms with van der Waals surface area (Å²) in [5.74, 6) is -0.161. The van der Waals surface area contributed by atoms with Crippen molar-refractivity contribution in [2.24, 2.45) is 0 Å². The molecule has 5 nitrogen and oxygen atoms in total. The van der Waals surface area contributed by atoms with Gasteiger partial charge in [0.05, 0.1) is 6.61 Å². The lowest BCUT2D eigenvalue weighted by molar-refractivity contribution is -0.137. The molecule has 44 heavy (non-hydrogen) atoms. The first kappa shape index (κ1) is 40.1. The quantitative estimate of drug-likeness (QED) is 0.0510. The number of hydrogen-bond donors (Lipinski definition) is 1. The van der Waals surface area contributed by atoms with Crippen LogP contribution in [0.4, 0.5) is 0 Å². The van der Waals surface area contributed by atoms with Crippen molar-refractivity contribution in [1.82, 2.24) is 0 Å². The van der Waals surface area contributed by atoms with Crippen LogP contribution in [0.5, 0.6) is 11.5 Å². The Morgan fingerprint density at radius 1 is 0.477 bits per heavy atom. The van der Waals surface area contributed by atoms with Gasteiger partial charge in [-0.1, -0.05) is 174 Å². The molecule has 0 fully saturated rings. The molecule has 1 aromatic rings. The van der Waals surface area contributed by atoms with E-state index in [4.69, 9.17) is 9.47 Å². The number of ether oxygens (including phenoxy) is 2. The SMILES string of the molecule is CCCCCCCCCCCCCCCC(=O)Oc1ccc(CO)cc1OC(=O)CCCCCCCCCCCCCCC. The van der Waals surface area contributed by atoms with Crippen molar-refractivity contribution in [3.8, 4) is 11.5 Å². The first-order valence-electron chi connectivity index (χ1n) is 18.8. The molecule has 0 heterocycles. The van der Waals surface area contributed by atoms with Gasteiger partial charge < -0.3 is 14.6 Å². The second kappa shape index (κ2) is 29.8. The molecule has 0 bridgehead atoms. The molecule has 0 aliphatic heterocycles. The van der Waals surface area contributed by atoms with Gasteiger partial charge in [0.2, 0.25) is 0 Å². The Kier molecular flexibility index (Phi) is 27.2. The van der Waals surface area contributed by atoms with Crippen molar-refractivity contribution in [3.63, 3.8) is 0 Å². The van der Waals surface area contributed by atoms with Crippen molar-refractivity contribution in [2.75, 3.05) is 0 Å². The van der Waals surface area contributed by atoms with Crippen molar-refractivity contribution in [1.29, 1.82) is 0 Å². The van der Waals surface area contributed by atoms with Crippen LogP contribution in [0.3, 0.4) is 0 Å². The predicted molar refractivity (Wildman–Crippen MR) is 184 cm³/mol. The number of rotatable bonds is 31. The molecular formula is C39H68O5. The molecule has 0 saturated carbocycles. The smallest absolute Gasteiger partial charge is 0.311 e. The average molecular weight is 617 g/mol. The Bertz CT molecular complexity index is 821. The Labute approximate surface area is 271 Å². The van der Waals surface area contributed by atoms with E-state index < -0.39 is 0 Å². The lowest BCUT2D eigenvalue weighted by atomic mass is 10.0. The van der Waals surface area contributed by atoms with Gasteiger partial charge in [0.15, 0.2) is 11.5 Å². The number of benzene rings is 1. The average Bonchev–Trinajstić information content (AvgIpc) is 3.02. The van der Waals surface area contributed by atoms with Gasteiger partial charge in [-0.15, -0.1) is 0 Å². The summed E-state index contributed by atoms with van der Waals surface area (Å²) >= 11 is 0. The summed E-state index contributed by atoms with van der Waals surface area (Å²) in [6, 6.07) is 4.90. The topological polar surface area (TPSA) is 72.8 Å². The van der Waals surface area contributed by atoms with E-state index in [1.165, 1.54) is 128 Å². The van der Waals surface area contributed by atoms with Gasteiger partial charge in [-0.05, 0) is 30.5 Å². The Hall–Kier alpha value is -1.88. The lowest BCUT2D eigenvalue weighted by Crippen LogP contribution is -2.12. The first-order chi connectivity index (χ1) is 21.6. The van der Waals surface area contributed by atoms with Crippen LogP contribution in [0, 0.1) is 0 Å². The molecule has 0 spiro atoms. The summed E-state index contributed by atoms with van der Waals surface area (Å²) in [6.07, 6.45) is 33.4. The molecule has 0 saturated heterocycles. The number of carbonyl (C=O) groups excluding carboxylic acids is 2. The fourth-order valence-corrected chi connectivity index (χ4v) is 5.74. The van der Waals surface area contributed by atoms with Gasteiger partial charge in [0, 0.05) is 12.8 Å². The number of carbonyl (C=O) groups is 2. The Morgan fingerprint density at radius 3 is 1.14 bits per heavy atom. The van der Waals surface area contributed by atoms with Gasteiger partial charge in [-0.25, -0.2) is 0 Å². The second-order valence-electron chi connectivity index (χ2n) is 12.9. The van der Waals surface area contributed by atoms with Crippen molar-refractivity contribution < 1.29 is 24.2 Å². The molecule has 0 aromatic heterocycles. The van der Waals surface area contributed by atoms with E-state index in [1.54, 1.807) is 18.2 Å². The largest absolute Gasteiger partial charge is 0.423 e. The summed E-state index contributed by atoms with van der Waals surface area (Å²) in [5.41, 5.74) is 0.616. The first-order valence-corrected chi connectivity index (χ1v) is 18.8. The van der Waals surface area contributed by atoms with Crippen LogP contribution < -0.4 is 9.47 Å². The number of unbranched alkanes of at least 4 members (excludes halogenated alkanes) is 24. The van der Waals surface area contributed by atoms with E-state index in [0.717, 1.165) is 38.5 Å². The molecule has 1 rings (SSSR count). The van der Waals surface area contributed by atoms with E-state index in [1.807, 2.05) is 0 Å². The zero-order valence-electron chi connectivity index (χ0n) is 28.8. The maximum Gasteiger partial charge on any atom is 0.311 e. The van der Waals surface area contributed by atoms with Crippen molar-refractivity contribution in [3.05, 3.63) is 23.8 Å². The highest BCUT2D eigenvalue weighted by Gasteiger charge is 2.15. The zero-order chi connectivity index (χ0) is 31.9. The summed E-state index contributed by atoms with van der Waals surface area (Å²) in [5, 5.41) is 9.54. The van der Waals surface area contributed by atoms with Crippen molar-refractivity contribution in [2.45, 2.75) is 200 Å². The van der Waals surface area contributed by atoms with E-state index >= 15 is 0 Å². The van der Waals surface area contributed by atoms with Crippen LogP contribution in [0.25, 0.3) is 0 Å². The molecule has 0 aliphatic carbocycles. The van der Waals surface area contributed by atoms with E-state index in [-0.39, 0.29) is 30.0 Å². The molecule has 0 radical (unpaired) electrons. The summed E-state index contributed by atoms with van der Waals surface area (Å²) in [6.45, 7) is 4.35. The lowest BCUT2D eigenvalue weighted by Gasteiger charge is -2.12. The molecular weight excluding hydrogens is 548 g/mol. The molecule has 0 unspecified atom stereocenters. The highest BCUT2D eigenvalue weighted by molar-refractivity contribution is 5.76.